The van der Waals surface area contributed by atoms with Crippen molar-refractivity contribution in [1.29, 1.82) is 0 Å². The zero-order valence-corrected chi connectivity index (χ0v) is 9.10. The van der Waals surface area contributed by atoms with Crippen LogP contribution in [0.4, 0.5) is 0 Å². The molecule has 2 nitrogen and oxygen atoms in total. The molecule has 0 bridgehead atoms. The summed E-state index contributed by atoms with van der Waals surface area (Å²) in [7, 11) is 1.75. The van der Waals surface area contributed by atoms with E-state index >= 15 is 0 Å². The van der Waals surface area contributed by atoms with Gasteiger partial charge in [-0.05, 0) is 23.3 Å². The second-order valence-electron chi connectivity index (χ2n) is 3.20. The molecule has 0 fully saturated rings. The first-order valence-corrected chi connectivity index (χ1v) is 5.12. The predicted octanol–water partition coefficient (Wildman–Crippen LogP) is 2.24. The minimum atomic E-state index is 0.196. The van der Waals surface area contributed by atoms with Crippen LogP contribution in [0.2, 0.25) is 0 Å². The molecule has 13 heavy (non-hydrogen) atoms. The van der Waals surface area contributed by atoms with Crippen LogP contribution in [0.1, 0.15) is 17.2 Å². The van der Waals surface area contributed by atoms with Crippen LogP contribution in [0.15, 0.2) is 22.7 Å². The van der Waals surface area contributed by atoms with Crippen LogP contribution in [0, 0.1) is 0 Å². The SMILES string of the molecule is COC1CNCc2ccc(Br)cc21. The Bertz CT molecular complexity index is 314. The fourth-order valence-corrected chi connectivity index (χ4v) is 2.06. The average molecular weight is 242 g/mol. The van der Waals surface area contributed by atoms with Gasteiger partial charge in [0.1, 0.15) is 0 Å². The summed E-state index contributed by atoms with van der Waals surface area (Å²) < 4.78 is 6.51. The van der Waals surface area contributed by atoms with Crippen molar-refractivity contribution in [1.82, 2.24) is 5.32 Å². The van der Waals surface area contributed by atoms with Crippen LogP contribution >= 0.6 is 15.9 Å². The minimum Gasteiger partial charge on any atom is -0.375 e. The summed E-state index contributed by atoms with van der Waals surface area (Å²) in [6.07, 6.45) is 0.196. The molecule has 1 atom stereocenters. The van der Waals surface area contributed by atoms with Gasteiger partial charge in [-0.15, -0.1) is 0 Å². The summed E-state index contributed by atoms with van der Waals surface area (Å²) in [5.74, 6) is 0. The van der Waals surface area contributed by atoms with E-state index in [0.717, 1.165) is 17.6 Å². The molecule has 3 heteroatoms. The largest absolute Gasteiger partial charge is 0.375 e. The summed E-state index contributed by atoms with van der Waals surface area (Å²) in [4.78, 5) is 0. The first-order valence-electron chi connectivity index (χ1n) is 4.33. The van der Waals surface area contributed by atoms with Gasteiger partial charge in [-0.1, -0.05) is 22.0 Å². The molecule has 1 aromatic carbocycles. The van der Waals surface area contributed by atoms with Gasteiger partial charge in [-0.2, -0.15) is 0 Å². The third-order valence-corrected chi connectivity index (χ3v) is 2.88. The molecule has 0 saturated heterocycles. The van der Waals surface area contributed by atoms with Crippen LogP contribution in [-0.2, 0) is 11.3 Å². The third-order valence-electron chi connectivity index (χ3n) is 2.38. The number of benzene rings is 1. The van der Waals surface area contributed by atoms with Crippen molar-refractivity contribution in [3.8, 4) is 0 Å². The normalized spacial score (nSPS) is 21.2. The van der Waals surface area contributed by atoms with Gasteiger partial charge in [-0.25, -0.2) is 0 Å². The number of nitrogens with one attached hydrogen (secondary N) is 1. The number of fused-ring (bicyclic) bond motifs is 1. The molecule has 1 N–H and O–H groups in total. The van der Waals surface area contributed by atoms with E-state index < -0.39 is 0 Å². The lowest BCUT2D eigenvalue weighted by Gasteiger charge is -2.25. The average Bonchev–Trinajstić information content (AvgIpc) is 2.17. The van der Waals surface area contributed by atoms with E-state index in [9.17, 15) is 0 Å². The van der Waals surface area contributed by atoms with Gasteiger partial charge in [-0.3, -0.25) is 0 Å². The van der Waals surface area contributed by atoms with Crippen molar-refractivity contribution in [2.75, 3.05) is 13.7 Å². The summed E-state index contributed by atoms with van der Waals surface area (Å²) >= 11 is 3.47. The van der Waals surface area contributed by atoms with Gasteiger partial charge in [0.15, 0.2) is 0 Å². The van der Waals surface area contributed by atoms with E-state index in [2.05, 4.69) is 39.4 Å². The second kappa shape index (κ2) is 3.78. The highest BCUT2D eigenvalue weighted by molar-refractivity contribution is 9.10. The lowest BCUT2D eigenvalue weighted by Crippen LogP contribution is -2.28. The molecule has 0 radical (unpaired) electrons. The van der Waals surface area contributed by atoms with Gasteiger partial charge in [0.25, 0.3) is 0 Å². The zero-order chi connectivity index (χ0) is 9.26. The molecule has 0 aromatic heterocycles. The Balaban J connectivity index is 2.41. The Hall–Kier alpha value is -0.380. The van der Waals surface area contributed by atoms with E-state index in [1.165, 1.54) is 11.1 Å². The molecule has 1 heterocycles. The highest BCUT2D eigenvalue weighted by atomic mass is 79.9. The standard InChI is InChI=1S/C10H12BrNO/c1-13-10-6-12-5-7-2-3-8(11)4-9(7)10/h2-4,10,12H,5-6H2,1H3. The molecule has 0 amide bonds. The smallest absolute Gasteiger partial charge is 0.0949 e. The van der Waals surface area contributed by atoms with E-state index in [1.54, 1.807) is 7.11 Å². The van der Waals surface area contributed by atoms with Gasteiger partial charge in [0, 0.05) is 24.7 Å². The fraction of sp³-hybridized carbons (Fsp3) is 0.400. The van der Waals surface area contributed by atoms with E-state index in [0.29, 0.717) is 0 Å². The molecule has 1 aliphatic rings. The Morgan fingerprint density at radius 3 is 3.15 bits per heavy atom. The lowest BCUT2D eigenvalue weighted by molar-refractivity contribution is 0.0955. The van der Waals surface area contributed by atoms with Crippen LogP contribution < -0.4 is 5.32 Å². The molecule has 1 unspecified atom stereocenters. The predicted molar refractivity (Wildman–Crippen MR) is 55.6 cm³/mol. The first kappa shape index (κ1) is 9.19. The molecule has 2 rings (SSSR count). The number of ether oxygens (including phenoxy) is 1. The fourth-order valence-electron chi connectivity index (χ4n) is 1.68. The monoisotopic (exact) mass is 241 g/mol. The topological polar surface area (TPSA) is 21.3 Å². The van der Waals surface area contributed by atoms with Crippen molar-refractivity contribution in [3.63, 3.8) is 0 Å². The summed E-state index contributed by atoms with van der Waals surface area (Å²) in [5.41, 5.74) is 2.64. The Kier molecular flexibility index (Phi) is 2.67. The van der Waals surface area contributed by atoms with Gasteiger partial charge >= 0.3 is 0 Å². The number of hydrogen-bond donors (Lipinski definition) is 1. The summed E-state index contributed by atoms with van der Waals surface area (Å²) in [6, 6.07) is 6.35. The maximum Gasteiger partial charge on any atom is 0.0949 e. The molecule has 70 valence electrons. The molecular formula is C10H12BrNO. The first-order chi connectivity index (χ1) is 6.31. The maximum absolute atomic E-state index is 5.39. The molecule has 1 aromatic rings. The van der Waals surface area contributed by atoms with Gasteiger partial charge in [0.2, 0.25) is 0 Å². The van der Waals surface area contributed by atoms with Crippen molar-refractivity contribution >= 4 is 15.9 Å². The summed E-state index contributed by atoms with van der Waals surface area (Å²) in [6.45, 7) is 1.85. The molecule has 0 aliphatic carbocycles. The molecular weight excluding hydrogens is 230 g/mol. The van der Waals surface area contributed by atoms with E-state index in [-0.39, 0.29) is 6.10 Å². The van der Waals surface area contributed by atoms with Crippen LogP contribution in [0.5, 0.6) is 0 Å². The van der Waals surface area contributed by atoms with Crippen LogP contribution in [0.25, 0.3) is 0 Å². The highest BCUT2D eigenvalue weighted by Crippen LogP contribution is 2.27. The van der Waals surface area contributed by atoms with Crippen molar-refractivity contribution in [2.45, 2.75) is 12.6 Å². The maximum atomic E-state index is 5.39. The lowest BCUT2D eigenvalue weighted by atomic mass is 9.99. The van der Waals surface area contributed by atoms with E-state index in [4.69, 9.17) is 4.74 Å². The number of hydrogen-bond acceptors (Lipinski definition) is 2. The number of halogens is 1. The van der Waals surface area contributed by atoms with Crippen LogP contribution in [-0.4, -0.2) is 13.7 Å². The zero-order valence-electron chi connectivity index (χ0n) is 7.51. The Labute approximate surface area is 86.4 Å². The van der Waals surface area contributed by atoms with Crippen molar-refractivity contribution in [2.24, 2.45) is 0 Å². The van der Waals surface area contributed by atoms with Gasteiger partial charge < -0.3 is 10.1 Å². The quantitative estimate of drug-likeness (QED) is 0.815. The van der Waals surface area contributed by atoms with E-state index in [1.807, 2.05) is 0 Å². The third kappa shape index (κ3) is 1.77. The van der Waals surface area contributed by atoms with Crippen LogP contribution in [0.3, 0.4) is 0 Å². The summed E-state index contributed by atoms with van der Waals surface area (Å²) in [5, 5.41) is 3.32. The molecule has 1 aliphatic heterocycles. The second-order valence-corrected chi connectivity index (χ2v) is 4.11. The highest BCUT2D eigenvalue weighted by Gasteiger charge is 2.18. The minimum absolute atomic E-state index is 0.196. The van der Waals surface area contributed by atoms with Gasteiger partial charge in [0.05, 0.1) is 6.10 Å². The molecule has 0 saturated carbocycles. The Morgan fingerprint density at radius 1 is 1.54 bits per heavy atom. The van der Waals surface area contributed by atoms with Crippen molar-refractivity contribution in [3.05, 3.63) is 33.8 Å². The molecule has 0 spiro atoms. The Morgan fingerprint density at radius 2 is 2.38 bits per heavy atom. The number of methoxy groups -OCH3 is 1. The number of rotatable bonds is 1. The van der Waals surface area contributed by atoms with Crippen molar-refractivity contribution < 1.29 is 4.74 Å².